The van der Waals surface area contributed by atoms with E-state index in [1.54, 1.807) is 0 Å². The Morgan fingerprint density at radius 2 is 1.91 bits per heavy atom. The van der Waals surface area contributed by atoms with Crippen molar-refractivity contribution in [3.05, 3.63) is 35.9 Å². The first kappa shape index (κ1) is 22.2. The first-order valence-electron chi connectivity index (χ1n) is 7.82. The van der Waals surface area contributed by atoms with Gasteiger partial charge < -0.3 is 16.0 Å². The SMILES string of the molecule is CN(C)C(CNC(=O)[C@@H]1CCC[C@@H]1CN)c1ccccc1.Cl.Cl. The summed E-state index contributed by atoms with van der Waals surface area (Å²) >= 11 is 0. The van der Waals surface area contributed by atoms with Gasteiger partial charge in [-0.05, 0) is 45.0 Å². The lowest BCUT2D eigenvalue weighted by atomic mass is 9.95. The van der Waals surface area contributed by atoms with Crippen molar-refractivity contribution in [1.82, 2.24) is 10.2 Å². The minimum Gasteiger partial charge on any atom is -0.354 e. The lowest BCUT2D eigenvalue weighted by Gasteiger charge is -2.26. The summed E-state index contributed by atoms with van der Waals surface area (Å²) in [5.41, 5.74) is 7.00. The zero-order valence-electron chi connectivity index (χ0n) is 13.9. The van der Waals surface area contributed by atoms with Crippen molar-refractivity contribution in [2.75, 3.05) is 27.2 Å². The maximum atomic E-state index is 12.4. The molecule has 1 aromatic carbocycles. The molecule has 23 heavy (non-hydrogen) atoms. The molecule has 0 spiro atoms. The van der Waals surface area contributed by atoms with Crippen molar-refractivity contribution in [3.8, 4) is 0 Å². The number of carbonyl (C=O) groups is 1. The maximum absolute atomic E-state index is 12.4. The Hall–Kier alpha value is -0.810. The fraction of sp³-hybridized carbons (Fsp3) is 0.588. The Kier molecular flexibility index (Phi) is 10.5. The number of amides is 1. The number of nitrogens with two attached hydrogens (primary N) is 1. The zero-order valence-corrected chi connectivity index (χ0v) is 15.5. The first-order valence-corrected chi connectivity index (χ1v) is 7.82. The largest absolute Gasteiger partial charge is 0.354 e. The molecule has 132 valence electrons. The molecule has 0 aromatic heterocycles. The van der Waals surface area contributed by atoms with Gasteiger partial charge in [-0.15, -0.1) is 24.8 Å². The maximum Gasteiger partial charge on any atom is 0.223 e. The summed E-state index contributed by atoms with van der Waals surface area (Å²) in [6.07, 6.45) is 3.19. The van der Waals surface area contributed by atoms with Crippen LogP contribution in [0.5, 0.6) is 0 Å². The standard InChI is InChI=1S/C17H27N3O.2ClH/c1-20(2)16(13-7-4-3-5-8-13)12-19-17(21)15-10-6-9-14(15)11-18;;/h3-5,7-8,14-16H,6,9-12,18H2,1-2H3,(H,19,21);2*1H/t14-,15-,16?;;/m1../s1. The fourth-order valence-electron chi connectivity index (χ4n) is 3.27. The third-order valence-electron chi connectivity index (χ3n) is 4.58. The van der Waals surface area contributed by atoms with Gasteiger partial charge in [-0.3, -0.25) is 4.79 Å². The molecule has 2 rings (SSSR count). The van der Waals surface area contributed by atoms with Gasteiger partial charge in [0.1, 0.15) is 0 Å². The topological polar surface area (TPSA) is 58.4 Å². The van der Waals surface area contributed by atoms with Gasteiger partial charge in [-0.1, -0.05) is 36.8 Å². The number of nitrogens with zero attached hydrogens (tertiary/aromatic N) is 1. The molecule has 4 nitrogen and oxygen atoms in total. The molecule has 0 aliphatic heterocycles. The van der Waals surface area contributed by atoms with Crippen molar-refractivity contribution in [1.29, 1.82) is 0 Å². The number of halogens is 2. The Labute approximate surface area is 152 Å². The lowest BCUT2D eigenvalue weighted by Crippen LogP contribution is -2.39. The predicted molar refractivity (Wildman–Crippen MR) is 100 cm³/mol. The highest BCUT2D eigenvalue weighted by Crippen LogP contribution is 2.31. The summed E-state index contributed by atoms with van der Waals surface area (Å²) in [5.74, 6) is 0.638. The van der Waals surface area contributed by atoms with E-state index in [-0.39, 0.29) is 42.7 Å². The van der Waals surface area contributed by atoms with Crippen molar-refractivity contribution in [3.63, 3.8) is 0 Å². The van der Waals surface area contributed by atoms with E-state index in [9.17, 15) is 4.79 Å². The van der Waals surface area contributed by atoms with Gasteiger partial charge in [0.15, 0.2) is 0 Å². The third-order valence-corrected chi connectivity index (χ3v) is 4.58. The van der Waals surface area contributed by atoms with E-state index in [1.807, 2.05) is 32.3 Å². The number of hydrogen-bond donors (Lipinski definition) is 2. The van der Waals surface area contributed by atoms with Crippen LogP contribution in [0.3, 0.4) is 0 Å². The molecule has 1 aliphatic rings. The van der Waals surface area contributed by atoms with Crippen molar-refractivity contribution < 1.29 is 4.79 Å². The second kappa shape index (κ2) is 10.9. The highest BCUT2D eigenvalue weighted by molar-refractivity contribution is 5.85. The van der Waals surface area contributed by atoms with Crippen LogP contribution in [0.1, 0.15) is 30.9 Å². The van der Waals surface area contributed by atoms with E-state index in [1.165, 1.54) is 5.56 Å². The molecule has 1 saturated carbocycles. The smallest absolute Gasteiger partial charge is 0.223 e. The number of benzene rings is 1. The number of nitrogens with one attached hydrogen (secondary N) is 1. The molecule has 3 N–H and O–H groups in total. The molecule has 6 heteroatoms. The van der Waals surface area contributed by atoms with E-state index in [0.717, 1.165) is 19.3 Å². The molecular formula is C17H29Cl2N3O. The van der Waals surface area contributed by atoms with Gasteiger partial charge in [0.05, 0.1) is 6.04 Å². The Balaban J connectivity index is 0.00000242. The van der Waals surface area contributed by atoms with E-state index in [0.29, 0.717) is 19.0 Å². The van der Waals surface area contributed by atoms with Crippen LogP contribution >= 0.6 is 24.8 Å². The van der Waals surface area contributed by atoms with Gasteiger partial charge in [-0.25, -0.2) is 0 Å². The van der Waals surface area contributed by atoms with E-state index >= 15 is 0 Å². The summed E-state index contributed by atoms with van der Waals surface area (Å²) in [5, 5.41) is 3.13. The van der Waals surface area contributed by atoms with Gasteiger partial charge in [0.2, 0.25) is 5.91 Å². The van der Waals surface area contributed by atoms with Crippen LogP contribution in [0.4, 0.5) is 0 Å². The van der Waals surface area contributed by atoms with Crippen LogP contribution in [0.25, 0.3) is 0 Å². The van der Waals surface area contributed by atoms with Crippen LogP contribution < -0.4 is 11.1 Å². The lowest BCUT2D eigenvalue weighted by molar-refractivity contribution is -0.126. The average molecular weight is 362 g/mol. The van der Waals surface area contributed by atoms with E-state index in [2.05, 4.69) is 22.3 Å². The van der Waals surface area contributed by atoms with Crippen LogP contribution in [0, 0.1) is 11.8 Å². The van der Waals surface area contributed by atoms with E-state index in [4.69, 9.17) is 5.73 Å². The van der Waals surface area contributed by atoms with Crippen LogP contribution in [0.15, 0.2) is 30.3 Å². The summed E-state index contributed by atoms with van der Waals surface area (Å²) in [4.78, 5) is 14.5. The molecule has 1 aromatic rings. The van der Waals surface area contributed by atoms with Crippen LogP contribution in [-0.2, 0) is 4.79 Å². The minimum absolute atomic E-state index is 0. The quantitative estimate of drug-likeness (QED) is 0.818. The zero-order chi connectivity index (χ0) is 15.2. The number of rotatable bonds is 6. The normalized spacial score (nSPS) is 21.2. The average Bonchev–Trinajstić information content (AvgIpc) is 2.96. The monoisotopic (exact) mass is 361 g/mol. The molecule has 0 saturated heterocycles. The van der Waals surface area contributed by atoms with Crippen LogP contribution in [-0.4, -0.2) is 38.0 Å². The molecule has 0 radical (unpaired) electrons. The minimum atomic E-state index is 0. The van der Waals surface area contributed by atoms with Gasteiger partial charge in [0.25, 0.3) is 0 Å². The first-order chi connectivity index (χ1) is 10.1. The molecule has 1 amide bonds. The fourth-order valence-corrected chi connectivity index (χ4v) is 3.27. The Bertz CT molecular complexity index is 456. The van der Waals surface area contributed by atoms with Crippen molar-refractivity contribution in [2.24, 2.45) is 17.6 Å². The molecule has 0 bridgehead atoms. The van der Waals surface area contributed by atoms with Gasteiger partial charge >= 0.3 is 0 Å². The Morgan fingerprint density at radius 3 is 2.48 bits per heavy atom. The summed E-state index contributed by atoms with van der Waals surface area (Å²) in [6, 6.07) is 10.5. The number of hydrogen-bond acceptors (Lipinski definition) is 3. The second-order valence-corrected chi connectivity index (χ2v) is 6.17. The highest BCUT2D eigenvalue weighted by Gasteiger charge is 2.32. The van der Waals surface area contributed by atoms with E-state index < -0.39 is 0 Å². The molecule has 1 fully saturated rings. The van der Waals surface area contributed by atoms with Gasteiger partial charge in [0, 0.05) is 12.5 Å². The summed E-state index contributed by atoms with van der Waals surface area (Å²) in [6.45, 7) is 1.26. The number of likely N-dealkylation sites (N-methyl/N-ethyl adjacent to an activating group) is 1. The summed E-state index contributed by atoms with van der Waals surface area (Å²) < 4.78 is 0. The molecular weight excluding hydrogens is 333 g/mol. The molecule has 1 aliphatic carbocycles. The second-order valence-electron chi connectivity index (χ2n) is 6.17. The van der Waals surface area contributed by atoms with Gasteiger partial charge in [-0.2, -0.15) is 0 Å². The van der Waals surface area contributed by atoms with Crippen molar-refractivity contribution in [2.45, 2.75) is 25.3 Å². The predicted octanol–water partition coefficient (Wildman–Crippen LogP) is 2.62. The highest BCUT2D eigenvalue weighted by atomic mass is 35.5. The molecule has 1 unspecified atom stereocenters. The Morgan fingerprint density at radius 1 is 1.26 bits per heavy atom. The van der Waals surface area contributed by atoms with Crippen LogP contribution in [0.2, 0.25) is 0 Å². The summed E-state index contributed by atoms with van der Waals surface area (Å²) in [7, 11) is 4.09. The molecule has 3 atom stereocenters. The third kappa shape index (κ3) is 5.96. The molecule has 0 heterocycles. The van der Waals surface area contributed by atoms with Crippen molar-refractivity contribution >= 4 is 30.7 Å². The number of carbonyl (C=O) groups excluding carboxylic acids is 1.